The highest BCUT2D eigenvalue weighted by Crippen LogP contribution is 2.19. The van der Waals surface area contributed by atoms with Gasteiger partial charge in [0.2, 0.25) is 0 Å². The normalized spacial score (nSPS) is 25.1. The lowest BCUT2D eigenvalue weighted by Crippen LogP contribution is -2.54. The Kier molecular flexibility index (Phi) is 6.32. The number of nitrogens with one attached hydrogen (secondary N) is 1. The monoisotopic (exact) mass is 307 g/mol. The number of hydrogen-bond acceptors (Lipinski definition) is 3. The van der Waals surface area contributed by atoms with E-state index in [1.807, 2.05) is 0 Å². The lowest BCUT2D eigenvalue weighted by atomic mass is 9.95. The molecular formula is C15H28F3N3. The van der Waals surface area contributed by atoms with Gasteiger partial charge in [0.05, 0.1) is 6.54 Å². The molecule has 1 aliphatic carbocycles. The minimum absolute atomic E-state index is 0.403. The van der Waals surface area contributed by atoms with Crippen molar-refractivity contribution in [2.75, 3.05) is 39.3 Å². The van der Waals surface area contributed by atoms with Gasteiger partial charge in [-0.1, -0.05) is 19.3 Å². The Morgan fingerprint density at radius 3 is 2.24 bits per heavy atom. The summed E-state index contributed by atoms with van der Waals surface area (Å²) in [6.07, 6.45) is 2.47. The fourth-order valence-electron chi connectivity index (χ4n) is 3.39. The number of halogens is 3. The van der Waals surface area contributed by atoms with Crippen LogP contribution in [-0.4, -0.2) is 67.3 Å². The van der Waals surface area contributed by atoms with E-state index in [4.69, 9.17) is 0 Å². The van der Waals surface area contributed by atoms with E-state index in [9.17, 15) is 13.2 Å². The summed E-state index contributed by atoms with van der Waals surface area (Å²) in [5.74, 6) is 0. The highest BCUT2D eigenvalue weighted by Gasteiger charge is 2.32. The molecule has 3 nitrogen and oxygen atoms in total. The lowest BCUT2D eigenvalue weighted by Gasteiger charge is -2.39. The Labute approximate surface area is 125 Å². The summed E-state index contributed by atoms with van der Waals surface area (Å²) in [5.41, 5.74) is 0. The Balaban J connectivity index is 1.64. The van der Waals surface area contributed by atoms with E-state index in [2.05, 4.69) is 17.1 Å². The van der Waals surface area contributed by atoms with E-state index in [0.29, 0.717) is 25.2 Å². The molecule has 2 aliphatic rings. The summed E-state index contributed by atoms with van der Waals surface area (Å²) >= 11 is 0. The molecule has 1 heterocycles. The molecule has 2 fully saturated rings. The van der Waals surface area contributed by atoms with E-state index in [0.717, 1.165) is 19.6 Å². The third-order valence-electron chi connectivity index (χ3n) is 4.74. The van der Waals surface area contributed by atoms with Crippen molar-refractivity contribution < 1.29 is 13.2 Å². The van der Waals surface area contributed by atoms with Gasteiger partial charge in [0.15, 0.2) is 0 Å². The van der Waals surface area contributed by atoms with Crippen LogP contribution in [0, 0.1) is 0 Å². The van der Waals surface area contributed by atoms with Crippen LogP contribution in [0.15, 0.2) is 0 Å². The van der Waals surface area contributed by atoms with Crippen LogP contribution in [0.5, 0.6) is 0 Å². The van der Waals surface area contributed by atoms with Gasteiger partial charge in [0.25, 0.3) is 0 Å². The van der Waals surface area contributed by atoms with Gasteiger partial charge in [0.1, 0.15) is 0 Å². The predicted octanol–water partition coefficient (Wildman–Crippen LogP) is 2.48. The molecule has 0 aromatic heterocycles. The SMILES string of the molecule is CC(CNC1CCCCC1)N1CCN(CC(F)(F)F)CC1. The van der Waals surface area contributed by atoms with Crippen LogP contribution < -0.4 is 5.32 Å². The zero-order valence-electron chi connectivity index (χ0n) is 13.0. The third kappa shape index (κ3) is 6.12. The topological polar surface area (TPSA) is 18.5 Å². The molecule has 2 rings (SSSR count). The highest BCUT2D eigenvalue weighted by atomic mass is 19.4. The molecule has 0 aromatic carbocycles. The van der Waals surface area contributed by atoms with Crippen LogP contribution in [0.25, 0.3) is 0 Å². The number of piperazine rings is 1. The van der Waals surface area contributed by atoms with Crippen LogP contribution in [-0.2, 0) is 0 Å². The average molecular weight is 307 g/mol. The van der Waals surface area contributed by atoms with Crippen molar-refractivity contribution in [2.45, 2.75) is 57.3 Å². The van der Waals surface area contributed by atoms with Gasteiger partial charge >= 0.3 is 6.18 Å². The summed E-state index contributed by atoms with van der Waals surface area (Å²) in [6, 6.07) is 1.05. The van der Waals surface area contributed by atoms with Gasteiger partial charge in [-0.25, -0.2) is 0 Å². The van der Waals surface area contributed by atoms with Crippen molar-refractivity contribution in [1.82, 2.24) is 15.1 Å². The summed E-state index contributed by atoms with van der Waals surface area (Å²) in [7, 11) is 0. The summed E-state index contributed by atoms with van der Waals surface area (Å²) in [6.45, 7) is 4.88. The molecule has 1 N–H and O–H groups in total. The molecule has 1 aliphatic heterocycles. The van der Waals surface area contributed by atoms with Crippen LogP contribution in [0.3, 0.4) is 0 Å². The van der Waals surface area contributed by atoms with Gasteiger partial charge in [0, 0.05) is 44.8 Å². The second-order valence-electron chi connectivity index (χ2n) is 6.52. The standard InChI is InChI=1S/C15H28F3N3/c1-13(11-19-14-5-3-2-4-6-14)21-9-7-20(8-10-21)12-15(16,17)18/h13-14,19H,2-12H2,1H3. The van der Waals surface area contributed by atoms with Crippen LogP contribution in [0.1, 0.15) is 39.0 Å². The van der Waals surface area contributed by atoms with E-state index in [-0.39, 0.29) is 0 Å². The van der Waals surface area contributed by atoms with Crippen molar-refractivity contribution >= 4 is 0 Å². The van der Waals surface area contributed by atoms with Crippen molar-refractivity contribution in [3.8, 4) is 0 Å². The molecule has 1 saturated heterocycles. The maximum absolute atomic E-state index is 12.4. The molecule has 21 heavy (non-hydrogen) atoms. The summed E-state index contributed by atoms with van der Waals surface area (Å²) < 4.78 is 37.1. The first-order valence-electron chi connectivity index (χ1n) is 8.20. The molecular weight excluding hydrogens is 279 g/mol. The Morgan fingerprint density at radius 2 is 1.67 bits per heavy atom. The minimum atomic E-state index is -4.07. The van der Waals surface area contributed by atoms with E-state index in [1.165, 1.54) is 37.0 Å². The summed E-state index contributed by atoms with van der Waals surface area (Å²) in [5, 5.41) is 3.63. The van der Waals surface area contributed by atoms with E-state index >= 15 is 0 Å². The van der Waals surface area contributed by atoms with Gasteiger partial charge in [-0.05, 0) is 19.8 Å². The van der Waals surface area contributed by atoms with Crippen molar-refractivity contribution in [3.05, 3.63) is 0 Å². The molecule has 124 valence electrons. The Morgan fingerprint density at radius 1 is 1.05 bits per heavy atom. The van der Waals surface area contributed by atoms with Crippen LogP contribution in [0.2, 0.25) is 0 Å². The van der Waals surface area contributed by atoms with E-state index < -0.39 is 12.7 Å². The Hall–Kier alpha value is -0.330. The first-order valence-corrected chi connectivity index (χ1v) is 8.20. The van der Waals surface area contributed by atoms with Crippen molar-refractivity contribution in [2.24, 2.45) is 0 Å². The lowest BCUT2D eigenvalue weighted by molar-refractivity contribution is -0.149. The quantitative estimate of drug-likeness (QED) is 0.842. The first kappa shape index (κ1) is 17.0. The molecule has 1 atom stereocenters. The highest BCUT2D eigenvalue weighted by molar-refractivity contribution is 4.80. The molecule has 0 radical (unpaired) electrons. The molecule has 1 saturated carbocycles. The largest absolute Gasteiger partial charge is 0.401 e. The molecule has 0 aromatic rings. The average Bonchev–Trinajstić information content (AvgIpc) is 2.45. The van der Waals surface area contributed by atoms with E-state index in [1.54, 1.807) is 0 Å². The van der Waals surface area contributed by atoms with Crippen molar-refractivity contribution in [1.29, 1.82) is 0 Å². The third-order valence-corrected chi connectivity index (χ3v) is 4.74. The van der Waals surface area contributed by atoms with Crippen LogP contribution >= 0.6 is 0 Å². The molecule has 0 bridgehead atoms. The number of rotatable bonds is 5. The molecule has 0 spiro atoms. The number of hydrogen-bond donors (Lipinski definition) is 1. The summed E-state index contributed by atoms with van der Waals surface area (Å²) in [4.78, 5) is 3.82. The maximum Gasteiger partial charge on any atom is 0.401 e. The van der Waals surface area contributed by atoms with Gasteiger partial charge in [-0.15, -0.1) is 0 Å². The van der Waals surface area contributed by atoms with Crippen molar-refractivity contribution in [3.63, 3.8) is 0 Å². The predicted molar refractivity (Wildman–Crippen MR) is 78.4 cm³/mol. The first-order chi connectivity index (χ1) is 9.94. The second kappa shape index (κ2) is 7.79. The molecule has 0 amide bonds. The number of nitrogens with zero attached hydrogens (tertiary/aromatic N) is 2. The fraction of sp³-hybridized carbons (Fsp3) is 1.00. The minimum Gasteiger partial charge on any atom is -0.312 e. The zero-order chi connectivity index (χ0) is 15.3. The number of alkyl halides is 3. The van der Waals surface area contributed by atoms with Gasteiger partial charge in [-0.3, -0.25) is 9.80 Å². The molecule has 1 unspecified atom stereocenters. The van der Waals surface area contributed by atoms with Gasteiger partial charge < -0.3 is 5.32 Å². The molecule has 6 heteroatoms. The smallest absolute Gasteiger partial charge is 0.312 e. The Bertz CT molecular complexity index is 295. The zero-order valence-corrected chi connectivity index (χ0v) is 13.0. The second-order valence-corrected chi connectivity index (χ2v) is 6.52. The van der Waals surface area contributed by atoms with Gasteiger partial charge in [-0.2, -0.15) is 13.2 Å². The fourth-order valence-corrected chi connectivity index (χ4v) is 3.39. The van der Waals surface area contributed by atoms with Crippen LogP contribution in [0.4, 0.5) is 13.2 Å². The maximum atomic E-state index is 12.4.